The van der Waals surface area contributed by atoms with Gasteiger partial charge in [0.15, 0.2) is 0 Å². The van der Waals surface area contributed by atoms with Gasteiger partial charge in [0.25, 0.3) is 5.89 Å². The molecule has 2 aliphatic carbocycles. The first-order chi connectivity index (χ1) is 9.38. The molecule has 4 nitrogen and oxygen atoms in total. The van der Waals surface area contributed by atoms with Crippen LogP contribution >= 0.6 is 11.3 Å². The first-order valence-corrected chi connectivity index (χ1v) is 7.88. The molecule has 0 amide bonds. The molecule has 0 bridgehead atoms. The van der Waals surface area contributed by atoms with E-state index in [4.69, 9.17) is 4.42 Å². The Balaban J connectivity index is 1.44. The third-order valence-electron chi connectivity index (χ3n) is 3.77. The number of aromatic nitrogens is 2. The summed E-state index contributed by atoms with van der Waals surface area (Å²) in [6, 6.07) is 2.97. The molecule has 1 N–H and O–H groups in total. The van der Waals surface area contributed by atoms with E-state index in [0.717, 1.165) is 29.8 Å². The average Bonchev–Trinajstić information content (AvgIpc) is 2.80. The monoisotopic (exact) mass is 275 g/mol. The van der Waals surface area contributed by atoms with E-state index in [9.17, 15) is 0 Å². The Kier molecular flexibility index (Phi) is 2.89. The van der Waals surface area contributed by atoms with Gasteiger partial charge in [-0.05, 0) is 43.7 Å². The Morgan fingerprint density at radius 2 is 2.26 bits per heavy atom. The van der Waals surface area contributed by atoms with Crippen molar-refractivity contribution in [3.8, 4) is 10.8 Å². The number of thiophene rings is 1. The first-order valence-electron chi connectivity index (χ1n) is 7.06. The van der Waals surface area contributed by atoms with Crippen LogP contribution in [-0.4, -0.2) is 22.8 Å². The third kappa shape index (κ3) is 2.44. The summed E-state index contributed by atoms with van der Waals surface area (Å²) in [4.78, 5) is 2.64. The zero-order chi connectivity index (χ0) is 12.7. The minimum atomic E-state index is 0.695. The summed E-state index contributed by atoms with van der Waals surface area (Å²) in [5, 5.41) is 11.8. The Labute approximate surface area is 116 Å². The Hall–Kier alpha value is -1.20. The maximum atomic E-state index is 5.76. The minimum absolute atomic E-state index is 0.695. The molecule has 2 aromatic rings. The second-order valence-corrected chi connectivity index (χ2v) is 6.53. The van der Waals surface area contributed by atoms with Gasteiger partial charge in [-0.15, -0.1) is 21.5 Å². The number of hydrogen-bond acceptors (Lipinski definition) is 5. The second-order valence-electron chi connectivity index (χ2n) is 5.39. The number of nitrogens with zero attached hydrogens (tertiary/aromatic N) is 2. The minimum Gasteiger partial charge on any atom is -0.420 e. The summed E-state index contributed by atoms with van der Waals surface area (Å²) in [5.74, 6) is 1.44. The quantitative estimate of drug-likeness (QED) is 0.911. The Morgan fingerprint density at radius 3 is 3.11 bits per heavy atom. The SMILES string of the molecule is c1c(-c2nnc(CCNC3CC3)o2)sc2c1CCC2. The third-order valence-corrected chi connectivity index (χ3v) is 5.00. The van der Waals surface area contributed by atoms with E-state index in [2.05, 4.69) is 21.6 Å². The van der Waals surface area contributed by atoms with Crippen molar-refractivity contribution in [2.75, 3.05) is 6.54 Å². The lowest BCUT2D eigenvalue weighted by atomic mass is 10.2. The average molecular weight is 275 g/mol. The van der Waals surface area contributed by atoms with Gasteiger partial charge in [0.1, 0.15) is 0 Å². The molecular weight excluding hydrogens is 258 g/mol. The highest BCUT2D eigenvalue weighted by atomic mass is 32.1. The zero-order valence-corrected chi connectivity index (χ0v) is 11.6. The Morgan fingerprint density at radius 1 is 1.32 bits per heavy atom. The highest BCUT2D eigenvalue weighted by Crippen LogP contribution is 2.35. The van der Waals surface area contributed by atoms with Crippen molar-refractivity contribution in [3.63, 3.8) is 0 Å². The molecule has 4 rings (SSSR count). The number of aryl methyl sites for hydroxylation is 2. The van der Waals surface area contributed by atoms with Crippen molar-refractivity contribution in [3.05, 3.63) is 22.4 Å². The van der Waals surface area contributed by atoms with E-state index >= 15 is 0 Å². The summed E-state index contributed by atoms with van der Waals surface area (Å²) in [7, 11) is 0. The van der Waals surface area contributed by atoms with Crippen molar-refractivity contribution >= 4 is 11.3 Å². The summed E-state index contributed by atoms with van der Waals surface area (Å²) < 4.78 is 5.76. The molecule has 0 aliphatic heterocycles. The molecule has 0 unspecified atom stereocenters. The van der Waals surface area contributed by atoms with Gasteiger partial charge in [0.2, 0.25) is 5.89 Å². The molecule has 5 heteroatoms. The van der Waals surface area contributed by atoms with Crippen LogP contribution in [0.4, 0.5) is 0 Å². The number of hydrogen-bond donors (Lipinski definition) is 1. The molecule has 100 valence electrons. The van der Waals surface area contributed by atoms with Crippen LogP contribution in [0.15, 0.2) is 10.5 Å². The lowest BCUT2D eigenvalue weighted by Crippen LogP contribution is -2.19. The van der Waals surface area contributed by atoms with Crippen molar-refractivity contribution in [2.24, 2.45) is 0 Å². The molecule has 1 saturated carbocycles. The predicted molar refractivity (Wildman–Crippen MR) is 74.4 cm³/mol. The van der Waals surface area contributed by atoms with Crippen molar-refractivity contribution in [2.45, 2.75) is 44.6 Å². The molecule has 0 spiro atoms. The van der Waals surface area contributed by atoms with E-state index in [1.165, 1.54) is 42.5 Å². The standard InChI is InChI=1S/C14H17N3OS/c1-2-9-8-12(19-11(9)3-1)14-17-16-13(18-14)6-7-15-10-4-5-10/h8,10,15H,1-7H2. The molecule has 0 atom stereocenters. The summed E-state index contributed by atoms with van der Waals surface area (Å²) in [6.45, 7) is 0.938. The Bertz CT molecular complexity index is 564. The van der Waals surface area contributed by atoms with E-state index in [-0.39, 0.29) is 0 Å². The lowest BCUT2D eigenvalue weighted by Gasteiger charge is -1.97. The molecule has 1 fully saturated rings. The molecule has 0 saturated heterocycles. The predicted octanol–water partition coefficient (Wildman–Crippen LogP) is 2.58. The topological polar surface area (TPSA) is 51.0 Å². The molecule has 2 aromatic heterocycles. The van der Waals surface area contributed by atoms with Crippen molar-refractivity contribution in [1.29, 1.82) is 0 Å². The zero-order valence-electron chi connectivity index (χ0n) is 10.8. The van der Waals surface area contributed by atoms with Crippen molar-refractivity contribution in [1.82, 2.24) is 15.5 Å². The molecule has 2 heterocycles. The second kappa shape index (κ2) is 4.72. The van der Waals surface area contributed by atoms with Crippen molar-refractivity contribution < 1.29 is 4.42 Å². The van der Waals surface area contributed by atoms with Crippen LogP contribution in [0.3, 0.4) is 0 Å². The largest absolute Gasteiger partial charge is 0.420 e. The fraction of sp³-hybridized carbons (Fsp3) is 0.571. The van der Waals surface area contributed by atoms with Crippen LogP contribution in [-0.2, 0) is 19.3 Å². The summed E-state index contributed by atoms with van der Waals surface area (Å²) in [6.07, 6.45) is 7.17. The molecule has 2 aliphatic rings. The van der Waals surface area contributed by atoms with Gasteiger partial charge in [-0.1, -0.05) is 0 Å². The van der Waals surface area contributed by atoms with Crippen LogP contribution in [0.25, 0.3) is 10.8 Å². The van der Waals surface area contributed by atoms with Gasteiger partial charge in [-0.25, -0.2) is 0 Å². The molecular formula is C14H17N3OS. The molecule has 19 heavy (non-hydrogen) atoms. The van der Waals surface area contributed by atoms with Gasteiger partial charge < -0.3 is 9.73 Å². The van der Waals surface area contributed by atoms with Crippen LogP contribution in [0.2, 0.25) is 0 Å². The van der Waals surface area contributed by atoms with Crippen LogP contribution in [0.5, 0.6) is 0 Å². The highest BCUT2D eigenvalue weighted by Gasteiger charge is 2.21. The molecule has 0 radical (unpaired) electrons. The number of fused-ring (bicyclic) bond motifs is 1. The van der Waals surface area contributed by atoms with Gasteiger partial charge in [-0.2, -0.15) is 0 Å². The maximum absolute atomic E-state index is 5.76. The smallest absolute Gasteiger partial charge is 0.257 e. The normalized spacial score (nSPS) is 17.9. The van der Waals surface area contributed by atoms with Crippen LogP contribution < -0.4 is 5.32 Å². The fourth-order valence-electron chi connectivity index (χ4n) is 2.56. The van der Waals surface area contributed by atoms with Gasteiger partial charge >= 0.3 is 0 Å². The first kappa shape index (κ1) is 11.6. The van der Waals surface area contributed by atoms with E-state index in [1.807, 2.05) is 11.3 Å². The van der Waals surface area contributed by atoms with E-state index < -0.39 is 0 Å². The molecule has 0 aromatic carbocycles. The van der Waals surface area contributed by atoms with Gasteiger partial charge in [0.05, 0.1) is 4.88 Å². The van der Waals surface area contributed by atoms with Gasteiger partial charge in [-0.3, -0.25) is 0 Å². The number of rotatable bonds is 5. The van der Waals surface area contributed by atoms with Crippen LogP contribution in [0, 0.1) is 0 Å². The summed E-state index contributed by atoms with van der Waals surface area (Å²) >= 11 is 1.82. The van der Waals surface area contributed by atoms with Gasteiger partial charge in [0, 0.05) is 23.9 Å². The van der Waals surface area contributed by atoms with E-state index in [1.54, 1.807) is 0 Å². The highest BCUT2D eigenvalue weighted by molar-refractivity contribution is 7.15. The number of nitrogens with one attached hydrogen (secondary N) is 1. The van der Waals surface area contributed by atoms with E-state index in [0.29, 0.717) is 5.89 Å². The fourth-order valence-corrected chi connectivity index (χ4v) is 3.73. The van der Waals surface area contributed by atoms with Crippen LogP contribution in [0.1, 0.15) is 35.6 Å². The summed E-state index contributed by atoms with van der Waals surface area (Å²) in [5.41, 5.74) is 1.48. The maximum Gasteiger partial charge on any atom is 0.257 e. The lowest BCUT2D eigenvalue weighted by molar-refractivity contribution is 0.495.